The summed E-state index contributed by atoms with van der Waals surface area (Å²) < 4.78 is 27.7. The summed E-state index contributed by atoms with van der Waals surface area (Å²) >= 11 is 12.1. The second-order valence-corrected chi connectivity index (χ2v) is 9.89. The number of piperazine rings is 1. The summed E-state index contributed by atoms with van der Waals surface area (Å²) in [7, 11) is -3.60. The van der Waals surface area contributed by atoms with E-state index >= 15 is 0 Å². The Morgan fingerprint density at radius 3 is 1.85 bits per heavy atom. The molecule has 0 spiro atoms. The number of anilines is 1. The largest absolute Gasteiger partial charge is 0.368 e. The second-order valence-electron chi connectivity index (χ2n) is 7.17. The van der Waals surface area contributed by atoms with E-state index in [-0.39, 0.29) is 9.92 Å². The quantitative estimate of drug-likeness (QED) is 0.711. The van der Waals surface area contributed by atoms with Gasteiger partial charge in [-0.25, -0.2) is 8.42 Å². The molecule has 1 fully saturated rings. The number of benzene rings is 2. The zero-order valence-corrected chi connectivity index (χ0v) is 18.3. The van der Waals surface area contributed by atoms with Crippen molar-refractivity contribution < 1.29 is 8.42 Å². The van der Waals surface area contributed by atoms with Gasteiger partial charge in [0.25, 0.3) is 0 Å². The number of aryl methyl sites for hydroxylation is 4. The summed E-state index contributed by atoms with van der Waals surface area (Å²) in [4.78, 5) is 2.51. The normalized spacial score (nSPS) is 16.0. The number of nitrogens with zero attached hydrogens (tertiary/aromatic N) is 2. The fourth-order valence-corrected chi connectivity index (χ4v) is 5.97. The number of sulfonamides is 1. The van der Waals surface area contributed by atoms with Gasteiger partial charge in [0.2, 0.25) is 10.0 Å². The molecule has 1 heterocycles. The third-order valence-electron chi connectivity index (χ3n) is 5.03. The molecule has 0 aliphatic carbocycles. The molecule has 1 aliphatic rings. The summed E-state index contributed by atoms with van der Waals surface area (Å²) in [5, 5.41) is 0.619. The van der Waals surface area contributed by atoms with Crippen LogP contribution >= 0.6 is 23.2 Å². The van der Waals surface area contributed by atoms with Crippen molar-refractivity contribution in [3.63, 3.8) is 0 Å². The first-order valence-electron chi connectivity index (χ1n) is 8.90. The summed E-state index contributed by atoms with van der Waals surface area (Å²) in [6.45, 7) is 10.2. The molecule has 0 atom stereocenters. The maximum Gasteiger partial charge on any atom is 0.243 e. The van der Waals surface area contributed by atoms with E-state index in [2.05, 4.69) is 37.8 Å². The van der Waals surface area contributed by atoms with E-state index in [1.165, 1.54) is 32.7 Å². The van der Waals surface area contributed by atoms with Crippen LogP contribution in [-0.2, 0) is 10.0 Å². The Kier molecular flexibility index (Phi) is 5.78. The van der Waals surface area contributed by atoms with Crippen molar-refractivity contribution in [1.29, 1.82) is 0 Å². The van der Waals surface area contributed by atoms with Gasteiger partial charge in [-0.05, 0) is 56.5 Å². The van der Waals surface area contributed by atoms with Crippen LogP contribution in [0, 0.1) is 27.7 Å². The van der Waals surface area contributed by atoms with E-state index in [0.717, 1.165) is 0 Å². The molecular weight excluding hydrogens is 403 g/mol. The molecule has 0 unspecified atom stereocenters. The molecule has 0 amide bonds. The van der Waals surface area contributed by atoms with Crippen LogP contribution in [-0.4, -0.2) is 38.9 Å². The van der Waals surface area contributed by atoms with Gasteiger partial charge < -0.3 is 4.90 Å². The lowest BCUT2D eigenvalue weighted by molar-refractivity contribution is 0.384. The van der Waals surface area contributed by atoms with Gasteiger partial charge in [-0.2, -0.15) is 4.31 Å². The van der Waals surface area contributed by atoms with Crippen LogP contribution in [0.2, 0.25) is 10.0 Å². The molecular formula is C20H24Cl2N2O2S. The molecule has 4 nitrogen and oxygen atoms in total. The van der Waals surface area contributed by atoms with Crippen LogP contribution in [0.15, 0.2) is 29.2 Å². The standard InChI is InChI=1S/C20H24Cl2N2O2S/c1-13-9-15(3)20(16(4)10-13)23-5-7-24(8-6-23)27(25,26)19-12-18(22)17(21)11-14(19)2/h9-12H,5-8H2,1-4H3. The van der Waals surface area contributed by atoms with Gasteiger partial charge in [0.05, 0.1) is 14.9 Å². The van der Waals surface area contributed by atoms with Crippen molar-refractivity contribution in [2.24, 2.45) is 0 Å². The number of hydrogen-bond donors (Lipinski definition) is 0. The molecule has 1 saturated heterocycles. The van der Waals surface area contributed by atoms with Crippen LogP contribution in [0.25, 0.3) is 0 Å². The summed E-state index contributed by atoms with van der Waals surface area (Å²) in [6, 6.07) is 7.40. The first-order chi connectivity index (χ1) is 12.6. The number of halogens is 2. The van der Waals surface area contributed by atoms with Crippen molar-refractivity contribution in [3.8, 4) is 0 Å². The monoisotopic (exact) mass is 426 g/mol. The first-order valence-corrected chi connectivity index (χ1v) is 11.1. The highest BCUT2D eigenvalue weighted by molar-refractivity contribution is 7.89. The Bertz CT molecular complexity index is 959. The number of hydrogen-bond acceptors (Lipinski definition) is 3. The smallest absolute Gasteiger partial charge is 0.243 e. The summed E-state index contributed by atoms with van der Waals surface area (Å²) in [5.74, 6) is 0. The maximum absolute atomic E-state index is 13.1. The van der Waals surface area contributed by atoms with E-state index in [9.17, 15) is 8.42 Å². The second kappa shape index (κ2) is 7.63. The maximum atomic E-state index is 13.1. The minimum absolute atomic E-state index is 0.230. The third-order valence-corrected chi connectivity index (χ3v) is 7.79. The minimum Gasteiger partial charge on any atom is -0.368 e. The Hall–Kier alpha value is -1.27. The minimum atomic E-state index is -3.60. The molecule has 0 aromatic heterocycles. The highest BCUT2D eigenvalue weighted by Gasteiger charge is 2.31. The average molecular weight is 427 g/mol. The van der Waals surface area contributed by atoms with Gasteiger partial charge in [0, 0.05) is 31.9 Å². The SMILES string of the molecule is Cc1cc(C)c(N2CCN(S(=O)(=O)c3cc(Cl)c(Cl)cc3C)CC2)c(C)c1. The van der Waals surface area contributed by atoms with Gasteiger partial charge in [0.1, 0.15) is 0 Å². The van der Waals surface area contributed by atoms with Crippen LogP contribution in [0.4, 0.5) is 5.69 Å². The Labute approximate surface area is 171 Å². The van der Waals surface area contributed by atoms with Crippen molar-refractivity contribution in [2.75, 3.05) is 31.1 Å². The van der Waals surface area contributed by atoms with Crippen molar-refractivity contribution in [3.05, 3.63) is 56.6 Å². The van der Waals surface area contributed by atoms with Crippen LogP contribution in [0.1, 0.15) is 22.3 Å². The molecule has 2 aromatic rings. The molecule has 2 aromatic carbocycles. The van der Waals surface area contributed by atoms with Gasteiger partial charge in [-0.3, -0.25) is 0 Å². The van der Waals surface area contributed by atoms with Crippen LogP contribution < -0.4 is 4.90 Å². The molecule has 0 saturated carbocycles. The Morgan fingerprint density at radius 1 is 0.778 bits per heavy atom. The summed E-state index contributed by atoms with van der Waals surface area (Å²) in [5.41, 5.74) is 5.51. The van der Waals surface area contributed by atoms with Gasteiger partial charge in [0.15, 0.2) is 0 Å². The zero-order chi connectivity index (χ0) is 19.9. The van der Waals surface area contributed by atoms with E-state index in [1.54, 1.807) is 13.0 Å². The highest BCUT2D eigenvalue weighted by Crippen LogP contribution is 2.32. The molecule has 27 heavy (non-hydrogen) atoms. The van der Waals surface area contributed by atoms with E-state index < -0.39 is 10.0 Å². The lowest BCUT2D eigenvalue weighted by atomic mass is 10.0. The fraction of sp³-hybridized carbons (Fsp3) is 0.400. The van der Waals surface area contributed by atoms with Gasteiger partial charge >= 0.3 is 0 Å². The van der Waals surface area contributed by atoms with E-state index in [0.29, 0.717) is 36.8 Å². The van der Waals surface area contributed by atoms with E-state index in [4.69, 9.17) is 23.2 Å². The van der Waals surface area contributed by atoms with Gasteiger partial charge in [-0.15, -0.1) is 0 Å². The zero-order valence-electron chi connectivity index (χ0n) is 16.0. The van der Waals surface area contributed by atoms with Crippen molar-refractivity contribution >= 4 is 38.9 Å². The first kappa shape index (κ1) is 20.5. The van der Waals surface area contributed by atoms with Crippen LogP contribution in [0.3, 0.4) is 0 Å². The molecule has 1 aliphatic heterocycles. The van der Waals surface area contributed by atoms with Crippen molar-refractivity contribution in [1.82, 2.24) is 4.31 Å². The molecule has 0 N–H and O–H groups in total. The average Bonchev–Trinajstić information content (AvgIpc) is 2.57. The molecule has 7 heteroatoms. The molecule has 146 valence electrons. The Balaban J connectivity index is 1.83. The third kappa shape index (κ3) is 3.97. The number of rotatable bonds is 3. The van der Waals surface area contributed by atoms with E-state index in [1.807, 2.05) is 0 Å². The lowest BCUT2D eigenvalue weighted by Crippen LogP contribution is -2.49. The fourth-order valence-electron chi connectivity index (χ4n) is 3.87. The molecule has 0 bridgehead atoms. The van der Waals surface area contributed by atoms with Crippen LogP contribution in [0.5, 0.6) is 0 Å². The van der Waals surface area contributed by atoms with Crippen molar-refractivity contribution in [2.45, 2.75) is 32.6 Å². The summed E-state index contributed by atoms with van der Waals surface area (Å²) in [6.07, 6.45) is 0. The topological polar surface area (TPSA) is 40.6 Å². The molecule has 3 rings (SSSR count). The predicted octanol–water partition coefficient (Wildman–Crippen LogP) is 4.74. The van der Waals surface area contributed by atoms with Gasteiger partial charge in [-0.1, -0.05) is 40.9 Å². The Morgan fingerprint density at radius 2 is 1.30 bits per heavy atom. The lowest BCUT2D eigenvalue weighted by Gasteiger charge is -2.37. The molecule has 0 radical (unpaired) electrons. The highest BCUT2D eigenvalue weighted by atomic mass is 35.5. The predicted molar refractivity (Wildman–Crippen MR) is 113 cm³/mol.